The molecule has 1 aromatic rings. The molecule has 2 rings (SSSR count). The fourth-order valence-electron chi connectivity index (χ4n) is 2.80. The Kier molecular flexibility index (Phi) is 4.83. The molecule has 3 atom stereocenters. The van der Waals surface area contributed by atoms with Gasteiger partial charge in [-0.15, -0.1) is 0 Å². The Hall–Kier alpha value is -1.27. The molecule has 3 heteroatoms. The van der Waals surface area contributed by atoms with E-state index in [-0.39, 0.29) is 12.0 Å². The van der Waals surface area contributed by atoms with Crippen LogP contribution in [0.4, 0.5) is 0 Å². The quantitative estimate of drug-likeness (QED) is 0.792. The molecule has 1 aliphatic rings. The largest absolute Gasteiger partial charge is 0.467 e. The van der Waals surface area contributed by atoms with Gasteiger partial charge in [0.05, 0.1) is 24.4 Å². The van der Waals surface area contributed by atoms with Gasteiger partial charge in [0.25, 0.3) is 0 Å². The molecule has 0 radical (unpaired) electrons. The maximum atomic E-state index is 9.18. The van der Waals surface area contributed by atoms with E-state index in [9.17, 15) is 5.26 Å². The lowest BCUT2D eigenvalue weighted by molar-refractivity contribution is -0.0269. The highest BCUT2D eigenvalue weighted by Crippen LogP contribution is 2.33. The van der Waals surface area contributed by atoms with Gasteiger partial charge in [-0.3, -0.25) is 0 Å². The Bertz CT molecular complexity index is 380. The smallest absolute Gasteiger partial charge is 0.129 e. The van der Waals surface area contributed by atoms with Gasteiger partial charge in [0, 0.05) is 0 Å². The zero-order valence-electron chi connectivity index (χ0n) is 11.0. The van der Waals surface area contributed by atoms with Gasteiger partial charge >= 0.3 is 0 Å². The predicted molar refractivity (Wildman–Crippen MR) is 68.6 cm³/mol. The van der Waals surface area contributed by atoms with Crippen LogP contribution in [-0.2, 0) is 11.3 Å². The average Bonchev–Trinajstić information content (AvgIpc) is 2.90. The van der Waals surface area contributed by atoms with E-state index >= 15 is 0 Å². The Labute approximate surface area is 109 Å². The summed E-state index contributed by atoms with van der Waals surface area (Å²) in [5.74, 6) is 1.61. The lowest BCUT2D eigenvalue weighted by atomic mass is 9.78. The van der Waals surface area contributed by atoms with E-state index in [4.69, 9.17) is 9.15 Å². The molecule has 1 heterocycles. The fraction of sp³-hybridized carbons (Fsp3) is 0.667. The lowest BCUT2D eigenvalue weighted by Gasteiger charge is -2.32. The van der Waals surface area contributed by atoms with Gasteiger partial charge in [-0.05, 0) is 37.3 Å². The second-order valence-corrected chi connectivity index (χ2v) is 5.13. The summed E-state index contributed by atoms with van der Waals surface area (Å²) in [5.41, 5.74) is 0. The van der Waals surface area contributed by atoms with E-state index in [2.05, 4.69) is 13.0 Å². The third kappa shape index (κ3) is 3.36. The molecule has 0 spiro atoms. The molecule has 0 saturated heterocycles. The topological polar surface area (TPSA) is 46.2 Å². The molecule has 3 nitrogen and oxygen atoms in total. The van der Waals surface area contributed by atoms with E-state index < -0.39 is 0 Å². The standard InChI is InChI=1S/C15H21NO2/c1-2-4-12-6-7-13(10-16)15(9-12)18-11-14-5-3-8-17-14/h3,5,8,12-13,15H,2,4,6-7,9,11H2,1H3. The summed E-state index contributed by atoms with van der Waals surface area (Å²) in [6.07, 6.45) is 7.36. The van der Waals surface area contributed by atoms with Gasteiger partial charge in [0.15, 0.2) is 0 Å². The van der Waals surface area contributed by atoms with Crippen LogP contribution in [0.1, 0.15) is 44.8 Å². The van der Waals surface area contributed by atoms with Gasteiger partial charge in [-0.2, -0.15) is 5.26 Å². The Morgan fingerprint density at radius 3 is 3.06 bits per heavy atom. The maximum Gasteiger partial charge on any atom is 0.129 e. The number of rotatable bonds is 5. The molecule has 1 aromatic heterocycles. The number of ether oxygens (including phenoxy) is 1. The third-order valence-electron chi connectivity index (χ3n) is 3.78. The Balaban J connectivity index is 1.88. The van der Waals surface area contributed by atoms with Crippen molar-refractivity contribution in [2.75, 3.05) is 0 Å². The van der Waals surface area contributed by atoms with Crippen LogP contribution in [-0.4, -0.2) is 6.10 Å². The summed E-state index contributed by atoms with van der Waals surface area (Å²) in [6.45, 7) is 2.70. The highest BCUT2D eigenvalue weighted by Gasteiger charge is 2.30. The predicted octanol–water partition coefficient (Wildman–Crippen LogP) is 3.90. The van der Waals surface area contributed by atoms with Crippen LogP contribution < -0.4 is 0 Å². The fourth-order valence-corrected chi connectivity index (χ4v) is 2.80. The highest BCUT2D eigenvalue weighted by molar-refractivity contribution is 4.98. The first-order valence-electron chi connectivity index (χ1n) is 6.87. The van der Waals surface area contributed by atoms with Gasteiger partial charge < -0.3 is 9.15 Å². The molecule has 0 bridgehead atoms. The monoisotopic (exact) mass is 247 g/mol. The number of hydrogen-bond acceptors (Lipinski definition) is 3. The number of furan rings is 1. The maximum absolute atomic E-state index is 9.18. The van der Waals surface area contributed by atoms with Crippen molar-refractivity contribution in [3.63, 3.8) is 0 Å². The van der Waals surface area contributed by atoms with Crippen molar-refractivity contribution in [2.45, 2.75) is 51.7 Å². The number of hydrogen-bond donors (Lipinski definition) is 0. The van der Waals surface area contributed by atoms with Crippen molar-refractivity contribution in [1.29, 1.82) is 5.26 Å². The van der Waals surface area contributed by atoms with Crippen LogP contribution in [0.5, 0.6) is 0 Å². The molecule has 3 unspecified atom stereocenters. The van der Waals surface area contributed by atoms with Crippen molar-refractivity contribution in [3.8, 4) is 6.07 Å². The summed E-state index contributed by atoms with van der Waals surface area (Å²) >= 11 is 0. The summed E-state index contributed by atoms with van der Waals surface area (Å²) < 4.78 is 11.2. The summed E-state index contributed by atoms with van der Waals surface area (Å²) in [5, 5.41) is 9.18. The van der Waals surface area contributed by atoms with Crippen LogP contribution in [0.2, 0.25) is 0 Å². The van der Waals surface area contributed by atoms with Crippen molar-refractivity contribution in [2.24, 2.45) is 11.8 Å². The second kappa shape index (κ2) is 6.61. The van der Waals surface area contributed by atoms with Crippen LogP contribution in [0.25, 0.3) is 0 Å². The molecular weight excluding hydrogens is 226 g/mol. The minimum atomic E-state index is 0.0491. The number of nitrogens with zero attached hydrogens (tertiary/aromatic N) is 1. The van der Waals surface area contributed by atoms with Gasteiger partial charge in [-0.1, -0.05) is 19.8 Å². The van der Waals surface area contributed by atoms with Crippen LogP contribution >= 0.6 is 0 Å². The first-order chi connectivity index (χ1) is 8.83. The summed E-state index contributed by atoms with van der Waals surface area (Å²) in [7, 11) is 0. The first-order valence-corrected chi connectivity index (χ1v) is 6.87. The first kappa shape index (κ1) is 13.2. The number of nitriles is 1. The van der Waals surface area contributed by atoms with Crippen LogP contribution in [0, 0.1) is 23.2 Å². The molecular formula is C15H21NO2. The zero-order valence-corrected chi connectivity index (χ0v) is 11.0. The molecule has 0 aliphatic heterocycles. The van der Waals surface area contributed by atoms with E-state index in [0.29, 0.717) is 6.61 Å². The van der Waals surface area contributed by atoms with E-state index in [1.165, 1.54) is 19.3 Å². The molecule has 1 saturated carbocycles. The van der Waals surface area contributed by atoms with Crippen molar-refractivity contribution in [1.82, 2.24) is 0 Å². The normalized spacial score (nSPS) is 27.9. The Morgan fingerprint density at radius 1 is 1.50 bits per heavy atom. The molecule has 1 aliphatic carbocycles. The van der Waals surface area contributed by atoms with E-state index in [0.717, 1.165) is 24.5 Å². The summed E-state index contributed by atoms with van der Waals surface area (Å²) in [6, 6.07) is 6.16. The highest BCUT2D eigenvalue weighted by atomic mass is 16.5. The second-order valence-electron chi connectivity index (χ2n) is 5.13. The van der Waals surface area contributed by atoms with Crippen LogP contribution in [0.3, 0.4) is 0 Å². The van der Waals surface area contributed by atoms with E-state index in [1.54, 1.807) is 6.26 Å². The van der Waals surface area contributed by atoms with Crippen molar-refractivity contribution in [3.05, 3.63) is 24.2 Å². The van der Waals surface area contributed by atoms with Crippen molar-refractivity contribution < 1.29 is 9.15 Å². The lowest BCUT2D eigenvalue weighted by Crippen LogP contribution is -2.31. The van der Waals surface area contributed by atoms with Crippen molar-refractivity contribution >= 4 is 0 Å². The minimum Gasteiger partial charge on any atom is -0.467 e. The minimum absolute atomic E-state index is 0.0491. The SMILES string of the molecule is CCCC1CCC(C#N)C(OCc2ccco2)C1. The van der Waals surface area contributed by atoms with Crippen LogP contribution in [0.15, 0.2) is 22.8 Å². The summed E-state index contributed by atoms with van der Waals surface area (Å²) in [4.78, 5) is 0. The zero-order chi connectivity index (χ0) is 12.8. The average molecular weight is 247 g/mol. The molecule has 18 heavy (non-hydrogen) atoms. The Morgan fingerprint density at radius 2 is 2.39 bits per heavy atom. The van der Waals surface area contributed by atoms with Gasteiger partial charge in [-0.25, -0.2) is 0 Å². The van der Waals surface area contributed by atoms with Gasteiger partial charge in [0.1, 0.15) is 12.4 Å². The third-order valence-corrected chi connectivity index (χ3v) is 3.78. The van der Waals surface area contributed by atoms with E-state index in [1.807, 2.05) is 12.1 Å². The molecule has 0 amide bonds. The molecule has 0 N–H and O–H groups in total. The molecule has 1 fully saturated rings. The molecule has 98 valence electrons. The molecule has 0 aromatic carbocycles. The van der Waals surface area contributed by atoms with Gasteiger partial charge in [0.2, 0.25) is 0 Å².